The summed E-state index contributed by atoms with van der Waals surface area (Å²) in [7, 11) is 0. The number of aromatic nitrogens is 2. The molecule has 1 saturated heterocycles. The molecule has 1 N–H and O–H groups in total. The van der Waals surface area contributed by atoms with Crippen molar-refractivity contribution in [1.29, 1.82) is 0 Å². The number of hydrogen-bond donors (Lipinski definition) is 1. The fourth-order valence-electron chi connectivity index (χ4n) is 4.87. The highest BCUT2D eigenvalue weighted by Gasteiger charge is 2.23. The smallest absolute Gasteiger partial charge is 0.263 e. The minimum absolute atomic E-state index is 0.000802. The summed E-state index contributed by atoms with van der Waals surface area (Å²) in [6.07, 6.45) is 6.30. The molecule has 1 aliphatic rings. The lowest BCUT2D eigenvalue weighted by molar-refractivity contribution is 0.0951. The number of fused-ring (bicyclic) bond motifs is 1. The summed E-state index contributed by atoms with van der Waals surface area (Å²) in [5.41, 5.74) is 3.09. The van der Waals surface area contributed by atoms with Gasteiger partial charge in [-0.1, -0.05) is 13.8 Å². The van der Waals surface area contributed by atoms with Crippen LogP contribution in [0.15, 0.2) is 30.6 Å². The van der Waals surface area contributed by atoms with Crippen LogP contribution in [0.1, 0.15) is 47.6 Å². The van der Waals surface area contributed by atoms with Gasteiger partial charge in [0.1, 0.15) is 9.71 Å². The van der Waals surface area contributed by atoms with E-state index in [4.69, 9.17) is 4.98 Å². The molecule has 0 saturated carbocycles. The Hall–Kier alpha value is -2.18. The highest BCUT2D eigenvalue weighted by Crippen LogP contribution is 2.35. The highest BCUT2D eigenvalue weighted by atomic mass is 32.1. The minimum Gasteiger partial charge on any atom is -0.351 e. The predicted molar refractivity (Wildman–Crippen MR) is 125 cm³/mol. The van der Waals surface area contributed by atoms with E-state index in [1.165, 1.54) is 30.8 Å². The summed E-state index contributed by atoms with van der Waals surface area (Å²) in [5.74, 6) is 1.54. The molecule has 5 nitrogen and oxygen atoms in total. The molecule has 0 unspecified atom stereocenters. The van der Waals surface area contributed by atoms with Gasteiger partial charge in [-0.2, -0.15) is 0 Å². The van der Waals surface area contributed by atoms with Crippen molar-refractivity contribution in [1.82, 2.24) is 19.8 Å². The van der Waals surface area contributed by atoms with E-state index in [-0.39, 0.29) is 5.91 Å². The zero-order chi connectivity index (χ0) is 21.3. The van der Waals surface area contributed by atoms with Crippen LogP contribution in [0.3, 0.4) is 0 Å². The van der Waals surface area contributed by atoms with Crippen LogP contribution in [-0.4, -0.2) is 46.5 Å². The predicted octanol–water partition coefficient (Wildman–Crippen LogP) is 4.80. The number of aryl methyl sites for hydroxylation is 2. The standard InChI is InChI=1S/C24H32N4OS/c1-16-12-17(2)15-27(14-16)9-7-8-25-23(29)22-21(28-10-5-6-11-28)20-18(3)13-19(4)26-24(20)30-22/h5-6,10-11,13,16-17H,7-9,12,14-15H2,1-4H3,(H,25,29)/t16-,17-/m0/s1. The lowest BCUT2D eigenvalue weighted by Crippen LogP contribution is -2.40. The van der Waals surface area contributed by atoms with E-state index >= 15 is 0 Å². The van der Waals surface area contributed by atoms with Crippen LogP contribution in [0.25, 0.3) is 15.9 Å². The molecule has 0 aliphatic carbocycles. The lowest BCUT2D eigenvalue weighted by Gasteiger charge is -2.34. The molecule has 30 heavy (non-hydrogen) atoms. The van der Waals surface area contributed by atoms with Crippen LogP contribution in [0.5, 0.6) is 0 Å². The number of piperidine rings is 1. The van der Waals surface area contributed by atoms with E-state index in [2.05, 4.69) is 37.1 Å². The zero-order valence-electron chi connectivity index (χ0n) is 18.4. The molecule has 0 aromatic carbocycles. The summed E-state index contributed by atoms with van der Waals surface area (Å²) in [6.45, 7) is 12.9. The largest absolute Gasteiger partial charge is 0.351 e. The van der Waals surface area contributed by atoms with Gasteiger partial charge in [0.05, 0.1) is 5.69 Å². The number of thiophene rings is 1. The molecule has 4 rings (SSSR count). The fraction of sp³-hybridized carbons (Fsp3) is 0.500. The van der Waals surface area contributed by atoms with E-state index in [9.17, 15) is 4.79 Å². The molecule has 2 atom stereocenters. The summed E-state index contributed by atoms with van der Waals surface area (Å²) < 4.78 is 2.04. The second-order valence-electron chi connectivity index (χ2n) is 8.95. The van der Waals surface area contributed by atoms with Crippen molar-refractivity contribution in [3.05, 3.63) is 46.7 Å². The molecule has 4 heterocycles. The van der Waals surface area contributed by atoms with E-state index in [1.807, 2.05) is 36.0 Å². The van der Waals surface area contributed by atoms with Gasteiger partial charge in [-0.3, -0.25) is 4.79 Å². The molecule has 1 amide bonds. The summed E-state index contributed by atoms with van der Waals surface area (Å²) >= 11 is 1.49. The van der Waals surface area contributed by atoms with Crippen molar-refractivity contribution in [2.45, 2.75) is 40.5 Å². The van der Waals surface area contributed by atoms with Gasteiger partial charge in [0.2, 0.25) is 0 Å². The van der Waals surface area contributed by atoms with Crippen LogP contribution in [0, 0.1) is 25.7 Å². The summed E-state index contributed by atoms with van der Waals surface area (Å²) in [4.78, 5) is 22.0. The fourth-order valence-corrected chi connectivity index (χ4v) is 6.08. The molecule has 3 aromatic rings. The van der Waals surface area contributed by atoms with Crippen molar-refractivity contribution in [3.8, 4) is 5.69 Å². The quantitative estimate of drug-likeness (QED) is 0.578. The molecule has 0 bridgehead atoms. The third-order valence-corrected chi connectivity index (χ3v) is 6.98. The molecule has 0 radical (unpaired) electrons. The maximum atomic E-state index is 13.1. The van der Waals surface area contributed by atoms with Gasteiger partial charge in [-0.25, -0.2) is 4.98 Å². The maximum Gasteiger partial charge on any atom is 0.263 e. The first-order valence-corrected chi connectivity index (χ1v) is 11.8. The number of amides is 1. The molecule has 160 valence electrons. The van der Waals surface area contributed by atoms with Gasteiger partial charge < -0.3 is 14.8 Å². The van der Waals surface area contributed by atoms with E-state index in [0.717, 1.165) is 56.8 Å². The average molecular weight is 425 g/mol. The molecule has 0 spiro atoms. The van der Waals surface area contributed by atoms with E-state index < -0.39 is 0 Å². The van der Waals surface area contributed by atoms with Gasteiger partial charge >= 0.3 is 0 Å². The van der Waals surface area contributed by atoms with Gasteiger partial charge in [0, 0.05) is 43.1 Å². The number of carbonyl (C=O) groups is 1. The average Bonchev–Trinajstić information content (AvgIpc) is 3.31. The van der Waals surface area contributed by atoms with Gasteiger partial charge in [-0.15, -0.1) is 11.3 Å². The Bertz CT molecular complexity index is 1010. The molecule has 1 aliphatic heterocycles. The van der Waals surface area contributed by atoms with E-state index in [0.29, 0.717) is 6.54 Å². The van der Waals surface area contributed by atoms with Crippen LogP contribution in [-0.2, 0) is 0 Å². The number of likely N-dealkylation sites (tertiary alicyclic amines) is 1. The van der Waals surface area contributed by atoms with Crippen molar-refractivity contribution in [2.24, 2.45) is 11.8 Å². The number of nitrogens with one attached hydrogen (secondary N) is 1. The lowest BCUT2D eigenvalue weighted by atomic mass is 9.92. The number of hydrogen-bond acceptors (Lipinski definition) is 4. The van der Waals surface area contributed by atoms with Crippen LogP contribution in [0.4, 0.5) is 0 Å². The van der Waals surface area contributed by atoms with Crippen molar-refractivity contribution in [2.75, 3.05) is 26.2 Å². The summed E-state index contributed by atoms with van der Waals surface area (Å²) in [6, 6.07) is 6.07. The molecule has 6 heteroatoms. The van der Waals surface area contributed by atoms with Crippen LogP contribution in [0.2, 0.25) is 0 Å². The third-order valence-electron chi connectivity index (χ3n) is 5.91. The number of rotatable bonds is 6. The maximum absolute atomic E-state index is 13.1. The van der Waals surface area contributed by atoms with Gasteiger partial charge in [0.15, 0.2) is 0 Å². The van der Waals surface area contributed by atoms with Crippen LogP contribution < -0.4 is 5.32 Å². The molecule has 1 fully saturated rings. The zero-order valence-corrected chi connectivity index (χ0v) is 19.3. The van der Waals surface area contributed by atoms with E-state index in [1.54, 1.807) is 0 Å². The van der Waals surface area contributed by atoms with Crippen LogP contribution >= 0.6 is 11.3 Å². The Morgan fingerprint density at radius 3 is 2.60 bits per heavy atom. The SMILES string of the molecule is Cc1cc(C)c2c(-n3cccc3)c(C(=O)NCCCN3C[C@@H](C)C[C@H](C)C3)sc2n1. The summed E-state index contributed by atoms with van der Waals surface area (Å²) in [5, 5.41) is 4.23. The Labute approximate surface area is 183 Å². The van der Waals surface area contributed by atoms with Crippen molar-refractivity contribution < 1.29 is 4.79 Å². The Balaban J connectivity index is 1.48. The molecular weight excluding hydrogens is 392 g/mol. The number of pyridine rings is 1. The molecule has 3 aromatic heterocycles. The second-order valence-corrected chi connectivity index (χ2v) is 9.94. The first-order valence-electron chi connectivity index (χ1n) is 11.0. The van der Waals surface area contributed by atoms with Gasteiger partial charge in [-0.05, 0) is 68.8 Å². The Kier molecular flexibility index (Phi) is 6.25. The van der Waals surface area contributed by atoms with Crippen molar-refractivity contribution >= 4 is 27.5 Å². The van der Waals surface area contributed by atoms with Crippen molar-refractivity contribution in [3.63, 3.8) is 0 Å². The Morgan fingerprint density at radius 2 is 1.90 bits per heavy atom. The third kappa shape index (κ3) is 4.44. The topological polar surface area (TPSA) is 50.2 Å². The number of nitrogens with zero attached hydrogens (tertiary/aromatic N) is 3. The first-order chi connectivity index (χ1) is 14.4. The highest BCUT2D eigenvalue weighted by molar-refractivity contribution is 7.21. The first kappa shape index (κ1) is 21.1. The van der Waals surface area contributed by atoms with Gasteiger partial charge in [0.25, 0.3) is 5.91 Å². The second kappa shape index (κ2) is 8.90. The monoisotopic (exact) mass is 424 g/mol. The normalized spacial score (nSPS) is 20.0. The minimum atomic E-state index is -0.000802. The molecular formula is C24H32N4OS. The Morgan fingerprint density at radius 1 is 1.20 bits per heavy atom. The number of carbonyl (C=O) groups excluding carboxylic acids is 1.